The molecule has 29 nitrogen and oxygen atoms in total. The summed E-state index contributed by atoms with van der Waals surface area (Å²) in [6.45, 7) is 6.57. The standard InChI is InChI=1S/C73H88FN13O16/c1-42(2)64-47(24-25-59(91)75-28-12-16-43(3)34-51(89)37-48(74)38-60-77-53(41-101-60)69(96)86-31-15-22-55(86)72(99)103-64)36-49-40-84(82-81-49)32-27-52-68(95)85-30-14-21-54(85)70(97)83(5)57(35-45-17-8-6-9-18-45)71(98)87-33-26-50(88)39-56(87)65(92)80-62(46-19-10-7-11-20-46)73(100)102-44(4)61(66(93)78-52)79-67(94)63-58(90)23-13-29-76-63/h6-13,16-20,23-25,29,34,40-42,44,47-48,50-52,54-57,61-62,64,88-90H,14-15,21-22,26-28,30-33,35-39H2,1-5H3,(H,75,91)(H,78,93)(H,79,94)(H,80,92)/b16-12+,25-24+,43-34+/t44-,47+,48-,50-,51-,52-,54+,55-,56+,57+,61+,62+,64-/m1/s1. The third-order valence-corrected chi connectivity index (χ3v) is 19.1. The minimum absolute atomic E-state index is 0.00629. The highest BCUT2D eigenvalue weighted by Crippen LogP contribution is 2.31. The fourth-order valence-corrected chi connectivity index (χ4v) is 13.7. The number of oxazole rings is 1. The van der Waals surface area contributed by atoms with Crippen molar-refractivity contribution in [3.63, 3.8) is 0 Å². The van der Waals surface area contributed by atoms with Crippen LogP contribution in [0.1, 0.15) is 129 Å². The summed E-state index contributed by atoms with van der Waals surface area (Å²) >= 11 is 0. The quantitative estimate of drug-likeness (QED) is 0.0934. The molecule has 2 bridgehead atoms. The number of ether oxygens (including phenoxy) is 2. The number of hydrogen-bond donors (Lipinski definition) is 7. The molecule has 548 valence electrons. The Hall–Kier alpha value is -10.5. The summed E-state index contributed by atoms with van der Waals surface area (Å²) in [6, 6.07) is 9.37. The first kappa shape index (κ1) is 75.2. The van der Waals surface area contributed by atoms with Gasteiger partial charge in [-0.15, -0.1) is 5.10 Å². The number of nitrogens with one attached hydrogen (secondary N) is 4. The number of aliphatic hydroxyl groups excluding tert-OH is 2. The molecule has 4 saturated heterocycles. The number of aromatic nitrogens is 5. The molecule has 0 radical (unpaired) electrons. The van der Waals surface area contributed by atoms with Crippen LogP contribution in [0.4, 0.5) is 4.39 Å². The van der Waals surface area contributed by atoms with Crippen LogP contribution >= 0.6 is 0 Å². The highest BCUT2D eigenvalue weighted by molar-refractivity contribution is 6.01. The van der Waals surface area contributed by atoms with Gasteiger partial charge in [-0.3, -0.25) is 43.0 Å². The lowest BCUT2D eigenvalue weighted by atomic mass is 9.88. The van der Waals surface area contributed by atoms with E-state index >= 15 is 23.6 Å². The lowest BCUT2D eigenvalue weighted by Gasteiger charge is -2.41. The van der Waals surface area contributed by atoms with Gasteiger partial charge in [-0.05, 0) is 87.6 Å². The Balaban J connectivity index is 0.977. The second-order valence-electron chi connectivity index (χ2n) is 27.0. The van der Waals surface area contributed by atoms with Crippen LogP contribution in [0.3, 0.4) is 0 Å². The number of benzene rings is 2. The minimum atomic E-state index is -1.88. The maximum absolute atomic E-state index is 15.6. The molecule has 5 aliphatic rings. The highest BCUT2D eigenvalue weighted by atomic mass is 19.1. The van der Waals surface area contributed by atoms with Gasteiger partial charge in [-0.25, -0.2) is 23.9 Å². The molecule has 7 N–H and O–H groups in total. The number of esters is 2. The van der Waals surface area contributed by atoms with E-state index in [-0.39, 0.29) is 108 Å². The van der Waals surface area contributed by atoms with Gasteiger partial charge in [0.2, 0.25) is 35.4 Å². The van der Waals surface area contributed by atoms with E-state index < -0.39 is 155 Å². The van der Waals surface area contributed by atoms with Crippen LogP contribution in [-0.2, 0) is 73.6 Å². The van der Waals surface area contributed by atoms with Crippen molar-refractivity contribution in [3.8, 4) is 5.75 Å². The number of likely N-dealkylation sites (N-methyl/N-ethyl adjacent to an activating group) is 1. The number of aliphatic hydroxyl groups is 2. The first-order valence-corrected chi connectivity index (χ1v) is 34.8. The number of amides is 8. The van der Waals surface area contributed by atoms with Crippen LogP contribution in [0.5, 0.6) is 5.75 Å². The zero-order valence-corrected chi connectivity index (χ0v) is 58.0. The summed E-state index contributed by atoms with van der Waals surface area (Å²) in [5, 5.41) is 52.2. The summed E-state index contributed by atoms with van der Waals surface area (Å²) in [5.41, 5.74) is 1.11. The van der Waals surface area contributed by atoms with Crippen molar-refractivity contribution >= 4 is 59.2 Å². The Morgan fingerprint density at radius 3 is 2.24 bits per heavy atom. The van der Waals surface area contributed by atoms with Gasteiger partial charge in [0, 0.05) is 83.8 Å². The lowest BCUT2D eigenvalue weighted by Crippen LogP contribution is -2.62. The smallest absolute Gasteiger partial charge is 0.333 e. The molecule has 0 aliphatic carbocycles. The van der Waals surface area contributed by atoms with Gasteiger partial charge >= 0.3 is 11.9 Å². The van der Waals surface area contributed by atoms with Gasteiger partial charge in [-0.1, -0.05) is 110 Å². The van der Waals surface area contributed by atoms with Crippen molar-refractivity contribution in [2.75, 3.05) is 33.2 Å². The lowest BCUT2D eigenvalue weighted by molar-refractivity contribution is -0.158. The number of piperidine rings is 1. The van der Waals surface area contributed by atoms with Crippen LogP contribution in [0.25, 0.3) is 0 Å². The number of halogens is 1. The normalized spacial score (nSPS) is 28.4. The molecule has 30 heteroatoms. The number of fused-ring (bicyclic) bond motifs is 5. The number of rotatable bonds is 11. The number of carbonyl (C=O) groups is 10. The van der Waals surface area contributed by atoms with Crippen LogP contribution in [0.2, 0.25) is 0 Å². The highest BCUT2D eigenvalue weighted by Gasteiger charge is 2.47. The van der Waals surface area contributed by atoms with Crippen molar-refractivity contribution < 1.29 is 81.5 Å². The van der Waals surface area contributed by atoms with Gasteiger partial charge in [0.25, 0.3) is 11.8 Å². The number of alkyl halides is 1. The molecular weight excluding hydrogens is 1330 g/mol. The Morgan fingerprint density at radius 2 is 1.50 bits per heavy atom. The van der Waals surface area contributed by atoms with Crippen LogP contribution in [0.15, 0.2) is 132 Å². The number of cyclic esters (lactones) is 2. The number of pyridine rings is 1. The van der Waals surface area contributed by atoms with Crippen molar-refractivity contribution in [2.45, 2.75) is 178 Å². The molecule has 10 rings (SSSR count). The van der Waals surface area contributed by atoms with Crippen molar-refractivity contribution in [2.24, 2.45) is 11.8 Å². The van der Waals surface area contributed by atoms with E-state index in [1.165, 1.54) is 80.9 Å². The zero-order chi connectivity index (χ0) is 73.6. The number of nitrogens with zero attached hydrogens (tertiary/aromatic N) is 9. The molecule has 103 heavy (non-hydrogen) atoms. The van der Waals surface area contributed by atoms with E-state index in [9.17, 15) is 44.1 Å². The van der Waals surface area contributed by atoms with Gasteiger partial charge in [-0.2, -0.15) is 0 Å². The second-order valence-corrected chi connectivity index (χ2v) is 27.0. The summed E-state index contributed by atoms with van der Waals surface area (Å²) in [6.07, 6.45) is 5.11. The monoisotopic (exact) mass is 1420 g/mol. The molecular formula is C73H88FN13O16. The van der Waals surface area contributed by atoms with E-state index in [0.717, 1.165) is 6.26 Å². The molecule has 8 amide bonds. The van der Waals surface area contributed by atoms with Crippen molar-refractivity contribution in [1.29, 1.82) is 0 Å². The maximum atomic E-state index is 15.6. The fourth-order valence-electron chi connectivity index (χ4n) is 13.7. The number of aromatic hydroxyl groups is 1. The van der Waals surface area contributed by atoms with Gasteiger partial charge in [0.1, 0.15) is 66.6 Å². The molecule has 4 fully saturated rings. The van der Waals surface area contributed by atoms with E-state index in [2.05, 4.69) is 41.5 Å². The Labute approximate surface area is 594 Å². The number of hydrogen-bond acceptors (Lipinski definition) is 20. The topological polar surface area (TPSA) is 381 Å². The zero-order valence-electron chi connectivity index (χ0n) is 58.0. The molecule has 5 aromatic rings. The molecule has 5 aliphatic heterocycles. The van der Waals surface area contributed by atoms with Gasteiger partial charge < -0.3 is 70.1 Å². The molecule has 8 heterocycles. The van der Waals surface area contributed by atoms with Crippen molar-refractivity contribution in [3.05, 3.63) is 162 Å². The summed E-state index contributed by atoms with van der Waals surface area (Å²) in [7, 11) is 1.44. The number of aryl methyl sites for hydroxylation is 1. The Morgan fingerprint density at radius 1 is 0.786 bits per heavy atom. The predicted octanol–water partition coefficient (Wildman–Crippen LogP) is 3.11. The average molecular weight is 1420 g/mol. The van der Waals surface area contributed by atoms with Gasteiger partial charge in [0.05, 0.1) is 24.3 Å². The van der Waals surface area contributed by atoms with Crippen molar-refractivity contribution in [1.82, 2.24) is 65.8 Å². The second kappa shape index (κ2) is 34.5. The minimum Gasteiger partial charge on any atom is -0.505 e. The Bertz CT molecular complexity index is 3980. The van der Waals surface area contributed by atoms with Gasteiger partial charge in [0.15, 0.2) is 23.3 Å². The summed E-state index contributed by atoms with van der Waals surface area (Å²) in [5.74, 6) is -9.92. The molecule has 2 aromatic carbocycles. The molecule has 0 unspecified atom stereocenters. The molecule has 0 saturated carbocycles. The first-order chi connectivity index (χ1) is 49.4. The van der Waals surface area contributed by atoms with E-state index in [0.29, 0.717) is 29.7 Å². The molecule has 0 spiro atoms. The molecule has 13 atom stereocenters. The maximum Gasteiger partial charge on any atom is 0.333 e. The van der Waals surface area contributed by atoms with E-state index in [1.807, 2.05) is 13.8 Å². The average Bonchev–Trinajstić information content (AvgIpc) is 1.79. The van der Waals surface area contributed by atoms with E-state index in [4.69, 9.17) is 13.9 Å². The first-order valence-electron chi connectivity index (χ1n) is 34.8. The molecule has 3 aromatic heterocycles. The van der Waals surface area contributed by atoms with Crippen LogP contribution in [0, 0.1) is 11.8 Å². The van der Waals surface area contributed by atoms with E-state index in [1.54, 1.807) is 79.9 Å². The SMILES string of the molecule is CC1=C\[C@@H](O)C[C@@H](F)Cc2nc(co2)C(=O)N2CCC[C@@H]2C(=O)O[C@H](C(C)C)[C@H](Cc2cn(CC[C@H]3NC(=O)[C@@H](NC(=O)c4ncccc4O)[C@@H](C)OC(=O)[C@H](c4ccccc4)NC(=O)[C@@H]4C[C@H](O)CCN4C(=O)[C@H](Cc4ccccc4)N(C)C(=O)[C@@H]4CCCN4C3=O)nn2)/C=C/C(=O)NC\C=C\1. The number of allylic oxidation sites excluding steroid dienone is 2. The van der Waals surface area contributed by atoms with Crippen LogP contribution < -0.4 is 21.3 Å². The van der Waals surface area contributed by atoms with Crippen LogP contribution in [-0.4, -0.2) is 219 Å². The summed E-state index contributed by atoms with van der Waals surface area (Å²) < 4.78 is 34.5. The fraction of sp³-hybridized carbons (Fsp3) is 0.479. The predicted molar refractivity (Wildman–Crippen MR) is 366 cm³/mol. The third-order valence-electron chi connectivity index (χ3n) is 19.1. The third kappa shape index (κ3) is 19.0. The Kier molecular flexibility index (Phi) is 25.1. The number of carbonyl (C=O) groups excluding carboxylic acids is 10. The largest absolute Gasteiger partial charge is 0.505 e. The summed E-state index contributed by atoms with van der Waals surface area (Å²) in [4.78, 5) is 161.